The number of hydrogen-bond acceptors (Lipinski definition) is 7. The fraction of sp³-hybridized carbons (Fsp3) is 0.700. The Balaban J connectivity index is 1.45. The van der Waals surface area contributed by atoms with Crippen LogP contribution in [0.5, 0.6) is 0 Å². The summed E-state index contributed by atoms with van der Waals surface area (Å²) in [6.45, 7) is 15.6. The first-order chi connectivity index (χ1) is 13.7. The van der Waals surface area contributed by atoms with E-state index in [-0.39, 0.29) is 0 Å². The fourth-order valence-corrected chi connectivity index (χ4v) is 4.10. The first-order valence-electron chi connectivity index (χ1n) is 10.4. The average Bonchev–Trinajstić information content (AvgIpc) is 2.99. The number of morpholine rings is 2. The topological polar surface area (TPSA) is 67.7 Å². The zero-order chi connectivity index (χ0) is 19.3. The second kappa shape index (κ2) is 9.17. The maximum atomic E-state index is 5.46. The number of nitrogens with zero attached hydrogens (tertiary/aromatic N) is 5. The van der Waals surface area contributed by atoms with Crippen LogP contribution in [0.3, 0.4) is 0 Å². The Morgan fingerprint density at radius 3 is 2.21 bits per heavy atom. The van der Waals surface area contributed by atoms with Gasteiger partial charge in [0.2, 0.25) is 0 Å². The van der Waals surface area contributed by atoms with Gasteiger partial charge in [0.15, 0.2) is 0 Å². The van der Waals surface area contributed by atoms with Gasteiger partial charge >= 0.3 is 0 Å². The zero-order valence-electron chi connectivity index (χ0n) is 17.1. The number of nitrogens with one attached hydrogen (secondary N) is 1. The lowest BCUT2D eigenvalue weighted by atomic mass is 10.2. The predicted molar refractivity (Wildman–Crippen MR) is 110 cm³/mol. The molecule has 2 aliphatic heterocycles. The maximum absolute atomic E-state index is 5.46. The summed E-state index contributed by atoms with van der Waals surface area (Å²) in [5.41, 5.74) is 3.58. The summed E-state index contributed by atoms with van der Waals surface area (Å²) in [5, 5.41) is 4.70. The van der Waals surface area contributed by atoms with Gasteiger partial charge in [0.1, 0.15) is 17.8 Å². The Kier molecular flexibility index (Phi) is 6.41. The minimum absolute atomic E-state index is 0.835. The summed E-state index contributed by atoms with van der Waals surface area (Å²) < 4.78 is 13.2. The number of aromatic nitrogens is 3. The van der Waals surface area contributed by atoms with Crippen LogP contribution in [-0.2, 0) is 16.0 Å². The van der Waals surface area contributed by atoms with E-state index in [9.17, 15) is 0 Å². The van der Waals surface area contributed by atoms with Gasteiger partial charge in [-0.3, -0.25) is 9.80 Å². The second-order valence-electron chi connectivity index (χ2n) is 7.62. The molecule has 0 spiro atoms. The molecule has 8 heteroatoms. The Hall–Kier alpha value is -1.74. The first-order valence-corrected chi connectivity index (χ1v) is 10.4. The molecule has 0 aliphatic carbocycles. The number of anilines is 1. The van der Waals surface area contributed by atoms with Crippen molar-refractivity contribution in [3.8, 4) is 0 Å². The number of fused-ring (bicyclic) bond motifs is 1. The summed E-state index contributed by atoms with van der Waals surface area (Å²) in [7, 11) is 0. The molecule has 0 radical (unpaired) electrons. The molecule has 4 rings (SSSR count). The molecule has 2 aromatic rings. The summed E-state index contributed by atoms with van der Waals surface area (Å²) in [6.07, 6.45) is 1.68. The Bertz CT molecular complexity index is 781. The minimum Gasteiger partial charge on any atom is -0.379 e. The summed E-state index contributed by atoms with van der Waals surface area (Å²) in [5.74, 6) is 0.948. The smallest absolute Gasteiger partial charge is 0.145 e. The van der Waals surface area contributed by atoms with Gasteiger partial charge in [-0.1, -0.05) is 0 Å². The van der Waals surface area contributed by atoms with Crippen molar-refractivity contribution in [3.05, 3.63) is 17.6 Å². The highest BCUT2D eigenvalue weighted by molar-refractivity contribution is 5.91. The van der Waals surface area contributed by atoms with Crippen LogP contribution >= 0.6 is 0 Å². The van der Waals surface area contributed by atoms with E-state index in [4.69, 9.17) is 9.47 Å². The second-order valence-corrected chi connectivity index (χ2v) is 7.62. The summed E-state index contributed by atoms with van der Waals surface area (Å²) in [4.78, 5) is 14.1. The van der Waals surface area contributed by atoms with Crippen LogP contribution in [0.25, 0.3) is 11.0 Å². The van der Waals surface area contributed by atoms with E-state index < -0.39 is 0 Å². The Morgan fingerprint density at radius 1 is 0.893 bits per heavy atom. The summed E-state index contributed by atoms with van der Waals surface area (Å²) >= 11 is 0. The molecular formula is C20H32N6O2. The molecule has 1 N–H and O–H groups in total. The van der Waals surface area contributed by atoms with Crippen LogP contribution in [0.2, 0.25) is 0 Å². The molecule has 154 valence electrons. The monoisotopic (exact) mass is 388 g/mol. The van der Waals surface area contributed by atoms with E-state index in [0.717, 1.165) is 95.6 Å². The first kappa shape index (κ1) is 19.6. The molecule has 8 nitrogen and oxygen atoms in total. The Morgan fingerprint density at radius 2 is 1.54 bits per heavy atom. The molecule has 0 amide bonds. The molecule has 0 unspecified atom stereocenters. The van der Waals surface area contributed by atoms with Crippen molar-refractivity contribution in [3.63, 3.8) is 0 Å². The molecule has 4 heterocycles. The van der Waals surface area contributed by atoms with Crippen molar-refractivity contribution in [2.45, 2.75) is 20.4 Å². The lowest BCUT2D eigenvalue weighted by molar-refractivity contribution is 0.0364. The number of hydrogen-bond donors (Lipinski definition) is 1. The quantitative estimate of drug-likeness (QED) is 0.762. The van der Waals surface area contributed by atoms with E-state index in [1.165, 1.54) is 11.3 Å². The van der Waals surface area contributed by atoms with Crippen LogP contribution < -0.4 is 5.32 Å². The van der Waals surface area contributed by atoms with Crippen LogP contribution in [0.15, 0.2) is 6.33 Å². The average molecular weight is 389 g/mol. The number of aryl methyl sites for hydroxylation is 1. The van der Waals surface area contributed by atoms with E-state index in [1.54, 1.807) is 6.33 Å². The molecular weight excluding hydrogens is 356 g/mol. The van der Waals surface area contributed by atoms with Crippen LogP contribution in [-0.4, -0.2) is 96.6 Å². The van der Waals surface area contributed by atoms with Crippen LogP contribution in [0.1, 0.15) is 11.3 Å². The minimum atomic E-state index is 0.835. The summed E-state index contributed by atoms with van der Waals surface area (Å²) in [6, 6.07) is 0. The highest BCUT2D eigenvalue weighted by Crippen LogP contribution is 2.28. The fourth-order valence-electron chi connectivity index (χ4n) is 4.10. The molecule has 2 saturated heterocycles. The lowest BCUT2D eigenvalue weighted by Crippen LogP contribution is -2.39. The van der Waals surface area contributed by atoms with Crippen molar-refractivity contribution in [1.29, 1.82) is 0 Å². The molecule has 0 atom stereocenters. The van der Waals surface area contributed by atoms with Crippen LogP contribution in [0, 0.1) is 13.8 Å². The van der Waals surface area contributed by atoms with Crippen molar-refractivity contribution in [1.82, 2.24) is 24.3 Å². The third-order valence-corrected chi connectivity index (χ3v) is 5.97. The van der Waals surface area contributed by atoms with Crippen molar-refractivity contribution in [2.75, 3.05) is 77.6 Å². The highest BCUT2D eigenvalue weighted by atomic mass is 16.5. The predicted octanol–water partition coefficient (Wildman–Crippen LogP) is 1.12. The largest absolute Gasteiger partial charge is 0.379 e. The molecule has 2 aromatic heterocycles. The molecule has 0 bridgehead atoms. The van der Waals surface area contributed by atoms with Crippen molar-refractivity contribution < 1.29 is 9.47 Å². The Labute approximate surface area is 166 Å². The molecule has 28 heavy (non-hydrogen) atoms. The maximum Gasteiger partial charge on any atom is 0.145 e. The van der Waals surface area contributed by atoms with Gasteiger partial charge in [-0.2, -0.15) is 0 Å². The van der Waals surface area contributed by atoms with Gasteiger partial charge in [0, 0.05) is 58.1 Å². The van der Waals surface area contributed by atoms with E-state index in [0.29, 0.717) is 0 Å². The van der Waals surface area contributed by atoms with Gasteiger partial charge in [0.05, 0.1) is 31.8 Å². The van der Waals surface area contributed by atoms with Crippen molar-refractivity contribution >= 4 is 16.9 Å². The number of rotatable bonds is 7. The zero-order valence-corrected chi connectivity index (χ0v) is 17.1. The molecule has 2 fully saturated rings. The van der Waals surface area contributed by atoms with Gasteiger partial charge in [-0.05, 0) is 19.4 Å². The SMILES string of the molecule is Cc1c(C)n(CCN2CCOCC2)c2ncnc(NCCN3CCOCC3)c12. The standard InChI is InChI=1S/C20H32N6O2/c1-16-17(2)26(6-5-25-9-13-28-14-10-25)20-18(16)19(22-15-23-20)21-3-4-24-7-11-27-12-8-24/h15H,3-14H2,1-2H3,(H,21,22,23). The normalized spacial score (nSPS) is 19.4. The number of ether oxygens (including phenoxy) is 2. The molecule has 0 saturated carbocycles. The molecule has 0 aromatic carbocycles. The van der Waals surface area contributed by atoms with Gasteiger partial charge in [-0.25, -0.2) is 9.97 Å². The molecule has 2 aliphatic rings. The highest BCUT2D eigenvalue weighted by Gasteiger charge is 2.18. The lowest BCUT2D eigenvalue weighted by Gasteiger charge is -2.27. The van der Waals surface area contributed by atoms with Gasteiger partial charge in [0.25, 0.3) is 0 Å². The van der Waals surface area contributed by atoms with E-state index in [1.807, 2.05) is 0 Å². The van der Waals surface area contributed by atoms with Crippen molar-refractivity contribution in [2.24, 2.45) is 0 Å². The third-order valence-electron chi connectivity index (χ3n) is 5.97. The van der Waals surface area contributed by atoms with E-state index >= 15 is 0 Å². The van der Waals surface area contributed by atoms with E-state index in [2.05, 4.69) is 43.5 Å². The third kappa shape index (κ3) is 4.30. The van der Waals surface area contributed by atoms with Crippen LogP contribution in [0.4, 0.5) is 5.82 Å². The van der Waals surface area contributed by atoms with Gasteiger partial charge in [-0.15, -0.1) is 0 Å². The van der Waals surface area contributed by atoms with Gasteiger partial charge < -0.3 is 19.4 Å².